The molecule has 1 unspecified atom stereocenters. The smallest absolute Gasteiger partial charge is 0.314 e. The van der Waals surface area contributed by atoms with Gasteiger partial charge in [0.1, 0.15) is 6.10 Å². The zero-order valence-corrected chi connectivity index (χ0v) is 17.0. The van der Waals surface area contributed by atoms with Crippen molar-refractivity contribution in [3.8, 4) is 0 Å². The van der Waals surface area contributed by atoms with Crippen LogP contribution >= 0.6 is 0 Å². The summed E-state index contributed by atoms with van der Waals surface area (Å²) in [5.74, 6) is 0. The molecule has 1 aliphatic heterocycles. The molecule has 1 aliphatic rings. The Bertz CT molecular complexity index is 642. The summed E-state index contributed by atoms with van der Waals surface area (Å²) < 4.78 is 0. The molecule has 0 bridgehead atoms. The summed E-state index contributed by atoms with van der Waals surface area (Å²) >= 11 is 0. The van der Waals surface area contributed by atoms with Gasteiger partial charge in [0.2, 0.25) is 0 Å². The van der Waals surface area contributed by atoms with E-state index in [9.17, 15) is 4.79 Å². The third-order valence-corrected chi connectivity index (χ3v) is 4.92. The van der Waals surface area contributed by atoms with Crippen molar-refractivity contribution in [3.05, 3.63) is 35.4 Å². The first-order valence-electron chi connectivity index (χ1n) is 9.46. The highest BCUT2D eigenvalue weighted by molar-refractivity contribution is 5.85. The molecule has 2 N–H and O–H groups in total. The predicted octanol–water partition coefficient (Wildman–Crippen LogP) is 4.12. The average Bonchev–Trinajstić information content (AvgIpc) is 3.06. The quantitative estimate of drug-likeness (QED) is 0.803. The van der Waals surface area contributed by atoms with E-state index >= 15 is 0 Å². The van der Waals surface area contributed by atoms with Crippen molar-refractivity contribution >= 4 is 11.7 Å². The number of amides is 2. The molecule has 1 aromatic rings. The fourth-order valence-electron chi connectivity index (χ4n) is 2.90. The van der Waals surface area contributed by atoms with Crippen molar-refractivity contribution in [2.45, 2.75) is 71.3 Å². The first kappa shape index (κ1) is 20.3. The Kier molecular flexibility index (Phi) is 6.32. The first-order chi connectivity index (χ1) is 12.1. The van der Waals surface area contributed by atoms with Gasteiger partial charge in [-0.3, -0.25) is 0 Å². The molecule has 1 atom stereocenters. The normalized spacial score (nSPS) is 17.5. The number of nitrogens with one attached hydrogen (secondary N) is 2. The molecule has 1 aromatic carbocycles. The second-order valence-electron chi connectivity index (χ2n) is 8.72. The van der Waals surface area contributed by atoms with E-state index in [0.717, 1.165) is 18.6 Å². The lowest BCUT2D eigenvalue weighted by Gasteiger charge is -2.27. The number of carbonyl (C=O) groups is 1. The van der Waals surface area contributed by atoms with E-state index in [1.807, 2.05) is 0 Å². The Hall–Kier alpha value is -2.04. The van der Waals surface area contributed by atoms with Gasteiger partial charge in [0.15, 0.2) is 0 Å². The van der Waals surface area contributed by atoms with Crippen molar-refractivity contribution in [1.82, 2.24) is 10.6 Å². The lowest BCUT2D eigenvalue weighted by molar-refractivity contribution is 0.0864. The molecule has 0 aliphatic carbocycles. The fraction of sp³-hybridized carbons (Fsp3) is 0.619. The molecule has 5 nitrogen and oxygen atoms in total. The molecule has 5 heteroatoms. The minimum atomic E-state index is -0.169. The first-order valence-corrected chi connectivity index (χ1v) is 9.46. The molecule has 26 heavy (non-hydrogen) atoms. The van der Waals surface area contributed by atoms with Crippen LogP contribution in [0.4, 0.5) is 4.79 Å². The third-order valence-electron chi connectivity index (χ3n) is 4.92. The van der Waals surface area contributed by atoms with E-state index in [0.29, 0.717) is 13.1 Å². The lowest BCUT2D eigenvalue weighted by atomic mass is 9.81. The van der Waals surface area contributed by atoms with Crippen LogP contribution in [0.2, 0.25) is 0 Å². The van der Waals surface area contributed by atoms with Crippen LogP contribution in [-0.4, -0.2) is 30.9 Å². The monoisotopic (exact) mass is 359 g/mol. The highest BCUT2D eigenvalue weighted by Crippen LogP contribution is 2.27. The number of nitrogens with zero attached hydrogens (tertiary/aromatic N) is 1. The molecule has 2 amide bonds. The topological polar surface area (TPSA) is 62.7 Å². The molecule has 0 saturated carbocycles. The third kappa shape index (κ3) is 5.48. The fourth-order valence-corrected chi connectivity index (χ4v) is 2.90. The van der Waals surface area contributed by atoms with Crippen LogP contribution < -0.4 is 10.6 Å². The summed E-state index contributed by atoms with van der Waals surface area (Å²) in [5, 5.41) is 9.85. The Morgan fingerprint density at radius 2 is 1.73 bits per heavy atom. The maximum absolute atomic E-state index is 12.1. The summed E-state index contributed by atoms with van der Waals surface area (Å²) in [6.07, 6.45) is 1.64. The summed E-state index contributed by atoms with van der Waals surface area (Å²) in [5.41, 5.74) is 3.58. The zero-order chi connectivity index (χ0) is 19.4. The van der Waals surface area contributed by atoms with Gasteiger partial charge in [-0.05, 0) is 23.0 Å². The van der Waals surface area contributed by atoms with Gasteiger partial charge in [-0.1, -0.05) is 71.0 Å². The van der Waals surface area contributed by atoms with Gasteiger partial charge in [-0.15, -0.1) is 0 Å². The number of rotatable bonds is 6. The van der Waals surface area contributed by atoms with Gasteiger partial charge >= 0.3 is 6.03 Å². The van der Waals surface area contributed by atoms with E-state index < -0.39 is 0 Å². The summed E-state index contributed by atoms with van der Waals surface area (Å²) in [6.45, 7) is 14.0. The summed E-state index contributed by atoms with van der Waals surface area (Å²) in [7, 11) is 0. The Labute approximate surface area is 157 Å². The number of urea groups is 1. The predicted molar refractivity (Wildman–Crippen MR) is 107 cm³/mol. The van der Waals surface area contributed by atoms with Crippen LogP contribution in [0.25, 0.3) is 0 Å². The highest BCUT2D eigenvalue weighted by Gasteiger charge is 2.24. The molecule has 0 spiro atoms. The Balaban J connectivity index is 1.80. The van der Waals surface area contributed by atoms with Crippen LogP contribution in [-0.2, 0) is 15.7 Å². The lowest BCUT2D eigenvalue weighted by Crippen LogP contribution is -2.44. The van der Waals surface area contributed by atoms with Gasteiger partial charge < -0.3 is 15.5 Å². The van der Waals surface area contributed by atoms with Gasteiger partial charge in [0.25, 0.3) is 0 Å². The molecule has 0 saturated heterocycles. The van der Waals surface area contributed by atoms with Crippen LogP contribution in [0.1, 0.15) is 65.5 Å². The number of oxime groups is 1. The molecule has 0 radical (unpaired) electrons. The molecule has 1 heterocycles. The maximum Gasteiger partial charge on any atom is 0.314 e. The highest BCUT2D eigenvalue weighted by atomic mass is 16.6. The minimum Gasteiger partial charge on any atom is -0.390 e. The summed E-state index contributed by atoms with van der Waals surface area (Å²) in [4.78, 5) is 17.4. The SMILES string of the molecule is CCC1=NOC(CNC(=O)NCC(C)(C)c2ccc(C(C)(C)C)cc2)C1. The van der Waals surface area contributed by atoms with Gasteiger partial charge in [0.05, 0.1) is 12.3 Å². The van der Waals surface area contributed by atoms with Crippen LogP contribution in [0.3, 0.4) is 0 Å². The minimum absolute atomic E-state index is 0.0475. The van der Waals surface area contributed by atoms with Crippen molar-refractivity contribution in [2.75, 3.05) is 13.1 Å². The van der Waals surface area contributed by atoms with Gasteiger partial charge in [-0.2, -0.15) is 0 Å². The second kappa shape index (κ2) is 8.11. The Morgan fingerprint density at radius 3 is 2.27 bits per heavy atom. The molecular weight excluding hydrogens is 326 g/mol. The van der Waals surface area contributed by atoms with Crippen molar-refractivity contribution in [1.29, 1.82) is 0 Å². The van der Waals surface area contributed by atoms with Gasteiger partial charge in [0, 0.05) is 18.4 Å². The number of hydrogen-bond acceptors (Lipinski definition) is 3. The van der Waals surface area contributed by atoms with Gasteiger partial charge in [-0.25, -0.2) is 4.79 Å². The maximum atomic E-state index is 12.1. The van der Waals surface area contributed by atoms with E-state index in [1.54, 1.807) is 0 Å². The van der Waals surface area contributed by atoms with Crippen molar-refractivity contribution in [3.63, 3.8) is 0 Å². The number of carbonyl (C=O) groups excluding carboxylic acids is 1. The van der Waals surface area contributed by atoms with Crippen molar-refractivity contribution < 1.29 is 9.63 Å². The number of benzene rings is 1. The molecular formula is C21H33N3O2. The largest absolute Gasteiger partial charge is 0.390 e. The molecule has 2 rings (SSSR count). The van der Waals surface area contributed by atoms with Crippen LogP contribution in [0.15, 0.2) is 29.4 Å². The van der Waals surface area contributed by atoms with E-state index in [1.165, 1.54) is 11.1 Å². The number of hydrogen-bond donors (Lipinski definition) is 2. The van der Waals surface area contributed by atoms with E-state index in [4.69, 9.17) is 4.84 Å². The zero-order valence-electron chi connectivity index (χ0n) is 17.0. The van der Waals surface area contributed by atoms with E-state index in [-0.39, 0.29) is 23.0 Å². The van der Waals surface area contributed by atoms with Crippen LogP contribution in [0.5, 0.6) is 0 Å². The van der Waals surface area contributed by atoms with Crippen molar-refractivity contribution in [2.24, 2.45) is 5.16 Å². The molecule has 0 fully saturated rings. The van der Waals surface area contributed by atoms with E-state index in [2.05, 4.69) is 81.6 Å². The standard InChI is InChI=1S/C21H33N3O2/c1-7-17-12-18(26-24-17)13-22-19(25)23-14-21(5,6)16-10-8-15(9-11-16)20(2,3)4/h8-11,18H,7,12-14H2,1-6H3,(H2,22,23,25). The molecule has 144 valence electrons. The summed E-state index contributed by atoms with van der Waals surface area (Å²) in [6, 6.07) is 8.52. The van der Waals surface area contributed by atoms with Crippen LogP contribution in [0, 0.1) is 0 Å². The second-order valence-corrected chi connectivity index (χ2v) is 8.72. The molecule has 0 aromatic heterocycles. The average molecular weight is 360 g/mol. The Morgan fingerprint density at radius 1 is 1.12 bits per heavy atom.